The highest BCUT2D eigenvalue weighted by Gasteiger charge is 2.42. The summed E-state index contributed by atoms with van der Waals surface area (Å²) in [6.45, 7) is 2.05. The number of aliphatic hydroxyl groups is 2. The van der Waals surface area contributed by atoms with Gasteiger partial charge in [-0.1, -0.05) is 65.8 Å². The molecule has 0 aliphatic heterocycles. The highest BCUT2D eigenvalue weighted by atomic mass is 16.3. The zero-order chi connectivity index (χ0) is 21.0. The van der Waals surface area contributed by atoms with Crippen molar-refractivity contribution in [3.63, 3.8) is 0 Å². The molecule has 1 aromatic carbocycles. The Balaban J connectivity index is 1.56. The van der Waals surface area contributed by atoms with Crippen LogP contribution in [-0.2, 0) is 11.2 Å². The minimum absolute atomic E-state index is 0.0673. The summed E-state index contributed by atoms with van der Waals surface area (Å²) in [4.78, 5) is 13.3. The van der Waals surface area contributed by atoms with Crippen molar-refractivity contribution in [3.8, 4) is 0 Å². The molecule has 0 heterocycles. The smallest absolute Gasteiger partial charge is 0.225 e. The minimum Gasteiger partial charge on any atom is -0.392 e. The molecule has 1 fully saturated rings. The van der Waals surface area contributed by atoms with E-state index >= 15 is 0 Å². The molecule has 156 valence electrons. The van der Waals surface area contributed by atoms with Crippen molar-refractivity contribution in [1.29, 1.82) is 0 Å². The first-order valence-electron chi connectivity index (χ1n) is 10.5. The Hall–Kier alpha value is -2.17. The Labute approximate surface area is 174 Å². The van der Waals surface area contributed by atoms with Gasteiger partial charge >= 0.3 is 0 Å². The third-order valence-electron chi connectivity index (χ3n) is 6.11. The van der Waals surface area contributed by atoms with E-state index in [4.69, 9.17) is 0 Å². The largest absolute Gasteiger partial charge is 0.392 e. The monoisotopic (exact) mass is 395 g/mol. The molecule has 2 aliphatic rings. The van der Waals surface area contributed by atoms with E-state index in [9.17, 15) is 15.0 Å². The summed E-state index contributed by atoms with van der Waals surface area (Å²) >= 11 is 0. The maximum Gasteiger partial charge on any atom is 0.225 e. The molecule has 0 saturated heterocycles. The van der Waals surface area contributed by atoms with Crippen LogP contribution in [0.1, 0.15) is 30.4 Å². The highest BCUT2D eigenvalue weighted by Crippen LogP contribution is 2.47. The van der Waals surface area contributed by atoms with Crippen LogP contribution in [-0.4, -0.2) is 47.3 Å². The first kappa shape index (κ1) is 21.5. The van der Waals surface area contributed by atoms with Crippen molar-refractivity contribution < 1.29 is 15.0 Å². The van der Waals surface area contributed by atoms with Crippen molar-refractivity contribution in [2.24, 2.45) is 17.8 Å². The summed E-state index contributed by atoms with van der Waals surface area (Å²) in [6.07, 6.45) is 11.9. The molecule has 0 radical (unpaired) electrons. The average molecular weight is 396 g/mol. The lowest BCUT2D eigenvalue weighted by Crippen LogP contribution is -2.20. The van der Waals surface area contributed by atoms with Crippen LogP contribution in [0.25, 0.3) is 0 Å². The number of rotatable bonds is 7. The van der Waals surface area contributed by atoms with E-state index in [1.807, 2.05) is 30.4 Å². The fourth-order valence-electron chi connectivity index (χ4n) is 4.57. The number of aryl methyl sites for hydroxylation is 1. The molecule has 1 amide bonds. The lowest BCUT2D eigenvalue weighted by atomic mass is 9.89. The van der Waals surface area contributed by atoms with Gasteiger partial charge in [0, 0.05) is 32.9 Å². The van der Waals surface area contributed by atoms with Crippen molar-refractivity contribution in [2.45, 2.75) is 44.8 Å². The van der Waals surface area contributed by atoms with Gasteiger partial charge in [0.05, 0.1) is 12.2 Å². The molecule has 1 saturated carbocycles. The fraction of sp³-hybridized carbons (Fsp3) is 0.480. The Bertz CT molecular complexity index is 808. The van der Waals surface area contributed by atoms with Gasteiger partial charge in [0.15, 0.2) is 0 Å². The van der Waals surface area contributed by atoms with Crippen molar-refractivity contribution in [3.05, 3.63) is 71.3 Å². The molecule has 2 aliphatic carbocycles. The summed E-state index contributed by atoms with van der Waals surface area (Å²) in [7, 11) is 3.53. The number of nitrogens with zero attached hydrogens (tertiary/aromatic N) is 1. The van der Waals surface area contributed by atoms with Crippen LogP contribution in [0.15, 0.2) is 60.2 Å². The molecule has 0 unspecified atom stereocenters. The van der Waals surface area contributed by atoms with Gasteiger partial charge in [-0.15, -0.1) is 0 Å². The maximum atomic E-state index is 11.7. The van der Waals surface area contributed by atoms with Crippen LogP contribution in [0.5, 0.6) is 0 Å². The quantitative estimate of drug-likeness (QED) is 0.696. The van der Waals surface area contributed by atoms with E-state index in [2.05, 4.69) is 31.2 Å². The number of allylic oxidation sites excluding steroid dienone is 3. The zero-order valence-corrected chi connectivity index (χ0v) is 17.7. The van der Waals surface area contributed by atoms with E-state index < -0.39 is 6.10 Å². The van der Waals surface area contributed by atoms with Crippen LogP contribution in [0.2, 0.25) is 0 Å². The van der Waals surface area contributed by atoms with Crippen molar-refractivity contribution in [1.82, 2.24) is 4.90 Å². The van der Waals surface area contributed by atoms with E-state index in [-0.39, 0.29) is 17.9 Å². The minimum atomic E-state index is -0.547. The van der Waals surface area contributed by atoms with E-state index in [1.165, 1.54) is 11.1 Å². The number of fused-ring (bicyclic) bond motifs is 1. The number of hydrogen-bond acceptors (Lipinski definition) is 3. The average Bonchev–Trinajstić information content (AvgIpc) is 3.16. The van der Waals surface area contributed by atoms with E-state index in [0.717, 1.165) is 18.4 Å². The molecule has 0 aromatic heterocycles. The number of carbonyl (C=O) groups is 1. The van der Waals surface area contributed by atoms with E-state index in [0.29, 0.717) is 24.7 Å². The second-order valence-corrected chi connectivity index (χ2v) is 8.69. The van der Waals surface area contributed by atoms with Crippen LogP contribution in [0.4, 0.5) is 0 Å². The van der Waals surface area contributed by atoms with Gasteiger partial charge in [0.1, 0.15) is 0 Å². The van der Waals surface area contributed by atoms with Gasteiger partial charge in [-0.05, 0) is 37.2 Å². The Kier molecular flexibility index (Phi) is 7.09. The number of hydrogen-bond donors (Lipinski definition) is 2. The molecule has 4 heteroatoms. The van der Waals surface area contributed by atoms with Gasteiger partial charge in [0.2, 0.25) is 5.91 Å². The van der Waals surface area contributed by atoms with Crippen LogP contribution in [0, 0.1) is 24.7 Å². The molecule has 0 spiro atoms. The number of amides is 1. The molecular weight excluding hydrogens is 362 g/mol. The lowest BCUT2D eigenvalue weighted by molar-refractivity contribution is -0.127. The molecule has 5 atom stereocenters. The van der Waals surface area contributed by atoms with Gasteiger partial charge in [0.25, 0.3) is 0 Å². The summed E-state index contributed by atoms with van der Waals surface area (Å²) in [5.41, 5.74) is 3.56. The molecular formula is C25H33NO3. The Morgan fingerprint density at radius 2 is 2.14 bits per heavy atom. The SMILES string of the molecule is Cc1cccc(C[C@H](O)/C=C/[C@@H]2[C@H]3CC(/C=C\CC(=O)N(C)C)=C[C@H]3C[C@H]2O)c1. The summed E-state index contributed by atoms with van der Waals surface area (Å²) in [5, 5.41) is 20.9. The standard InChI is InChI=1S/C25H33NO3/c1-17-6-4-7-18(12-17)14-21(27)10-11-22-23-15-19(13-20(23)16-24(22)28)8-5-9-25(29)26(2)3/h4-8,10-13,20-24,27-28H,9,14-16H2,1-3H3/b8-5-,11-10+/t20-,21+,22+,23-,24+/m0/s1. The highest BCUT2D eigenvalue weighted by molar-refractivity contribution is 5.77. The third-order valence-corrected chi connectivity index (χ3v) is 6.11. The van der Waals surface area contributed by atoms with Crippen molar-refractivity contribution >= 4 is 5.91 Å². The number of benzene rings is 1. The molecule has 4 nitrogen and oxygen atoms in total. The van der Waals surface area contributed by atoms with Gasteiger partial charge in [-0.2, -0.15) is 0 Å². The number of aliphatic hydroxyl groups excluding tert-OH is 2. The topological polar surface area (TPSA) is 60.8 Å². The van der Waals surface area contributed by atoms with Crippen LogP contribution < -0.4 is 0 Å². The van der Waals surface area contributed by atoms with Gasteiger partial charge in [-0.25, -0.2) is 0 Å². The second kappa shape index (κ2) is 9.55. The molecule has 29 heavy (non-hydrogen) atoms. The first-order chi connectivity index (χ1) is 13.8. The van der Waals surface area contributed by atoms with Crippen LogP contribution >= 0.6 is 0 Å². The molecule has 3 rings (SSSR count). The zero-order valence-electron chi connectivity index (χ0n) is 17.7. The summed E-state index contributed by atoms with van der Waals surface area (Å²) in [6, 6.07) is 8.19. The third kappa shape index (κ3) is 5.68. The molecule has 1 aromatic rings. The normalized spacial score (nSPS) is 27.4. The lowest BCUT2D eigenvalue weighted by Gasteiger charge is -2.18. The van der Waals surface area contributed by atoms with Gasteiger partial charge in [-0.3, -0.25) is 4.79 Å². The predicted molar refractivity (Wildman–Crippen MR) is 116 cm³/mol. The summed E-state index contributed by atoms with van der Waals surface area (Å²) in [5.74, 6) is 0.908. The summed E-state index contributed by atoms with van der Waals surface area (Å²) < 4.78 is 0. The van der Waals surface area contributed by atoms with E-state index in [1.54, 1.807) is 19.0 Å². The Morgan fingerprint density at radius 1 is 1.34 bits per heavy atom. The fourth-order valence-corrected chi connectivity index (χ4v) is 4.57. The maximum absolute atomic E-state index is 11.7. The van der Waals surface area contributed by atoms with Gasteiger partial charge < -0.3 is 15.1 Å². The first-order valence-corrected chi connectivity index (χ1v) is 10.5. The molecule has 2 N–H and O–H groups in total. The predicted octanol–water partition coefficient (Wildman–Crippen LogP) is 3.43. The second-order valence-electron chi connectivity index (χ2n) is 8.69. The van der Waals surface area contributed by atoms with Crippen LogP contribution in [0.3, 0.4) is 0 Å². The van der Waals surface area contributed by atoms with Crippen molar-refractivity contribution in [2.75, 3.05) is 14.1 Å². The Morgan fingerprint density at radius 3 is 2.86 bits per heavy atom. The number of carbonyl (C=O) groups excluding carboxylic acids is 1. The molecule has 0 bridgehead atoms.